The monoisotopic (exact) mass is 360 g/mol. The highest BCUT2D eigenvalue weighted by Crippen LogP contribution is 2.35. The third kappa shape index (κ3) is 3.14. The molecular formula is C23H20O4. The predicted octanol–water partition coefficient (Wildman–Crippen LogP) is 5.27. The van der Waals surface area contributed by atoms with Crippen molar-refractivity contribution in [2.24, 2.45) is 0 Å². The van der Waals surface area contributed by atoms with Crippen LogP contribution in [0.3, 0.4) is 0 Å². The molecule has 0 atom stereocenters. The molecule has 0 spiro atoms. The molecule has 0 amide bonds. The lowest BCUT2D eigenvalue weighted by Gasteiger charge is -2.11. The fraction of sp³-hybridized carbons (Fsp3) is 0.174. The first-order chi connectivity index (χ1) is 13.1. The molecule has 0 saturated carbocycles. The average Bonchev–Trinajstić information content (AvgIpc) is 3.14. The highest BCUT2D eigenvalue weighted by molar-refractivity contribution is 5.91. The third-order valence-electron chi connectivity index (χ3n) is 4.94. The van der Waals surface area contributed by atoms with Gasteiger partial charge in [-0.15, -0.1) is 0 Å². The minimum Gasteiger partial charge on any atom is -0.496 e. The van der Waals surface area contributed by atoms with E-state index in [1.807, 2.05) is 43.3 Å². The number of rotatable bonds is 4. The molecule has 2 heterocycles. The van der Waals surface area contributed by atoms with Crippen molar-refractivity contribution in [1.29, 1.82) is 0 Å². The SMILES string of the molecule is COc1cc(-c2coc(Cc3ccccc3)c2)cc2oc(=O)c(C)c(C)c12. The number of fused-ring (bicyclic) bond motifs is 1. The van der Waals surface area contributed by atoms with Gasteiger partial charge in [-0.3, -0.25) is 0 Å². The van der Waals surface area contributed by atoms with Crippen LogP contribution in [0, 0.1) is 13.8 Å². The van der Waals surface area contributed by atoms with Gasteiger partial charge in [-0.1, -0.05) is 30.3 Å². The normalized spacial score (nSPS) is 11.1. The van der Waals surface area contributed by atoms with E-state index in [-0.39, 0.29) is 5.63 Å². The molecule has 0 fully saturated rings. The molecule has 0 radical (unpaired) electrons. The summed E-state index contributed by atoms with van der Waals surface area (Å²) < 4.78 is 16.8. The van der Waals surface area contributed by atoms with Crippen molar-refractivity contribution in [2.75, 3.05) is 7.11 Å². The molecule has 0 N–H and O–H groups in total. The Morgan fingerprint density at radius 1 is 0.963 bits per heavy atom. The molecule has 4 nitrogen and oxygen atoms in total. The van der Waals surface area contributed by atoms with Crippen LogP contribution in [0.1, 0.15) is 22.5 Å². The largest absolute Gasteiger partial charge is 0.496 e. The van der Waals surface area contributed by atoms with Gasteiger partial charge in [-0.2, -0.15) is 0 Å². The minimum absolute atomic E-state index is 0.323. The van der Waals surface area contributed by atoms with Crippen LogP contribution < -0.4 is 10.4 Å². The molecule has 0 aliphatic carbocycles. The Kier molecular flexibility index (Phi) is 4.32. The zero-order valence-electron chi connectivity index (χ0n) is 15.5. The molecular weight excluding hydrogens is 340 g/mol. The summed E-state index contributed by atoms with van der Waals surface area (Å²) in [5, 5.41) is 0.825. The Morgan fingerprint density at radius 2 is 1.74 bits per heavy atom. The summed E-state index contributed by atoms with van der Waals surface area (Å²) in [6.45, 7) is 3.67. The highest BCUT2D eigenvalue weighted by Gasteiger charge is 2.15. The van der Waals surface area contributed by atoms with Crippen molar-refractivity contribution in [3.63, 3.8) is 0 Å². The summed E-state index contributed by atoms with van der Waals surface area (Å²) in [5.41, 5.74) is 4.66. The fourth-order valence-electron chi connectivity index (χ4n) is 3.31. The first kappa shape index (κ1) is 17.2. The maximum atomic E-state index is 12.1. The lowest BCUT2D eigenvalue weighted by atomic mass is 10.0. The molecule has 0 unspecified atom stereocenters. The minimum atomic E-state index is -0.323. The molecule has 0 bridgehead atoms. The van der Waals surface area contributed by atoms with Gasteiger partial charge >= 0.3 is 5.63 Å². The molecule has 0 saturated heterocycles. The van der Waals surface area contributed by atoms with E-state index in [1.165, 1.54) is 5.56 Å². The Bertz CT molecular complexity index is 1170. The van der Waals surface area contributed by atoms with Gasteiger partial charge in [0, 0.05) is 17.5 Å². The van der Waals surface area contributed by atoms with E-state index < -0.39 is 0 Å². The quantitative estimate of drug-likeness (QED) is 0.465. The second-order valence-corrected chi connectivity index (χ2v) is 6.66. The first-order valence-electron chi connectivity index (χ1n) is 8.80. The smallest absolute Gasteiger partial charge is 0.339 e. The highest BCUT2D eigenvalue weighted by atomic mass is 16.5. The molecule has 2 aromatic carbocycles. The molecule has 27 heavy (non-hydrogen) atoms. The van der Waals surface area contributed by atoms with Crippen LogP contribution >= 0.6 is 0 Å². The standard InChI is InChI=1S/C23H20O4/c1-14-15(2)23(24)27-21-12-17(11-20(25-3)22(14)21)18-10-19(26-13-18)9-16-7-5-4-6-8-16/h4-8,10-13H,9H2,1-3H3. The molecule has 4 rings (SSSR count). The van der Waals surface area contributed by atoms with E-state index in [2.05, 4.69) is 12.1 Å². The number of hydrogen-bond acceptors (Lipinski definition) is 4. The Balaban J connectivity index is 1.78. The Labute approximate surface area is 157 Å². The summed E-state index contributed by atoms with van der Waals surface area (Å²) in [4.78, 5) is 12.1. The van der Waals surface area contributed by atoms with Crippen molar-refractivity contribution >= 4 is 11.0 Å². The van der Waals surface area contributed by atoms with Gasteiger partial charge in [0.25, 0.3) is 0 Å². The summed E-state index contributed by atoms with van der Waals surface area (Å²) in [7, 11) is 1.62. The summed E-state index contributed by atoms with van der Waals surface area (Å²) in [5.74, 6) is 1.55. The Hall–Kier alpha value is -3.27. The predicted molar refractivity (Wildman–Crippen MR) is 105 cm³/mol. The summed E-state index contributed by atoms with van der Waals surface area (Å²) in [6, 6.07) is 16.0. The number of furan rings is 1. The average molecular weight is 360 g/mol. The van der Waals surface area contributed by atoms with Crippen LogP contribution in [0.2, 0.25) is 0 Å². The van der Waals surface area contributed by atoms with Crippen molar-refractivity contribution in [3.8, 4) is 16.9 Å². The summed E-state index contributed by atoms with van der Waals surface area (Å²) in [6.07, 6.45) is 2.44. The van der Waals surface area contributed by atoms with E-state index >= 15 is 0 Å². The summed E-state index contributed by atoms with van der Waals surface area (Å²) >= 11 is 0. The van der Waals surface area contributed by atoms with E-state index in [4.69, 9.17) is 13.6 Å². The molecule has 136 valence electrons. The lowest BCUT2D eigenvalue weighted by Crippen LogP contribution is -2.06. The van der Waals surface area contributed by atoms with E-state index in [0.29, 0.717) is 16.9 Å². The van der Waals surface area contributed by atoms with Crippen LogP contribution in [0.5, 0.6) is 5.75 Å². The van der Waals surface area contributed by atoms with Gasteiger partial charge in [0.05, 0.1) is 18.8 Å². The lowest BCUT2D eigenvalue weighted by molar-refractivity contribution is 0.418. The number of methoxy groups -OCH3 is 1. The fourth-order valence-corrected chi connectivity index (χ4v) is 3.31. The number of ether oxygens (including phenoxy) is 1. The Morgan fingerprint density at radius 3 is 2.48 bits per heavy atom. The van der Waals surface area contributed by atoms with Crippen LogP contribution in [0.15, 0.2) is 68.4 Å². The molecule has 0 aliphatic rings. The maximum Gasteiger partial charge on any atom is 0.339 e. The molecule has 4 heteroatoms. The van der Waals surface area contributed by atoms with Crippen molar-refractivity contribution in [3.05, 3.63) is 87.7 Å². The van der Waals surface area contributed by atoms with E-state index in [1.54, 1.807) is 20.3 Å². The number of hydrogen-bond donors (Lipinski definition) is 0. The van der Waals surface area contributed by atoms with E-state index in [0.717, 1.165) is 34.3 Å². The zero-order chi connectivity index (χ0) is 19.0. The molecule has 2 aromatic heterocycles. The van der Waals surface area contributed by atoms with Gasteiger partial charge in [-0.05, 0) is 48.7 Å². The second kappa shape index (κ2) is 6.80. The van der Waals surface area contributed by atoms with E-state index in [9.17, 15) is 4.79 Å². The number of benzene rings is 2. The van der Waals surface area contributed by atoms with Crippen molar-refractivity contribution in [2.45, 2.75) is 20.3 Å². The zero-order valence-corrected chi connectivity index (χ0v) is 15.5. The maximum absolute atomic E-state index is 12.1. The first-order valence-corrected chi connectivity index (χ1v) is 8.80. The van der Waals surface area contributed by atoms with Gasteiger partial charge in [0.1, 0.15) is 17.1 Å². The topological polar surface area (TPSA) is 52.6 Å². The van der Waals surface area contributed by atoms with Crippen molar-refractivity contribution < 1.29 is 13.6 Å². The van der Waals surface area contributed by atoms with Gasteiger partial charge in [-0.25, -0.2) is 4.79 Å². The molecule has 0 aliphatic heterocycles. The second-order valence-electron chi connectivity index (χ2n) is 6.66. The number of aryl methyl sites for hydroxylation is 1. The van der Waals surface area contributed by atoms with Gasteiger partial charge < -0.3 is 13.6 Å². The van der Waals surface area contributed by atoms with Gasteiger partial charge in [0.2, 0.25) is 0 Å². The van der Waals surface area contributed by atoms with Crippen LogP contribution in [-0.2, 0) is 6.42 Å². The van der Waals surface area contributed by atoms with Crippen LogP contribution in [0.25, 0.3) is 22.1 Å². The third-order valence-corrected chi connectivity index (χ3v) is 4.94. The van der Waals surface area contributed by atoms with Crippen LogP contribution in [0.4, 0.5) is 0 Å². The van der Waals surface area contributed by atoms with Gasteiger partial charge in [0.15, 0.2) is 0 Å². The van der Waals surface area contributed by atoms with Crippen LogP contribution in [-0.4, -0.2) is 7.11 Å². The molecule has 4 aromatic rings. The van der Waals surface area contributed by atoms with Crippen molar-refractivity contribution in [1.82, 2.24) is 0 Å².